The number of nitriles is 1. The van der Waals surface area contributed by atoms with Crippen LogP contribution in [0.3, 0.4) is 0 Å². The highest BCUT2D eigenvalue weighted by molar-refractivity contribution is 5.68. The van der Waals surface area contributed by atoms with Gasteiger partial charge in [0.05, 0.1) is 12.5 Å². The standard InChI is InChI=1S/C18H24N4O6/c1-13(12-27-16(23)20-2)28-18(25)22-11-15-6-3-5-14(9-15)10-21-17(24)26-8-4-7-19/h3,5-6,9,13H,4,8,10-12H2,1-2H3,(H,20,23)(H,21,24)(H,22,25). The van der Waals surface area contributed by atoms with Crippen LogP contribution < -0.4 is 16.0 Å². The van der Waals surface area contributed by atoms with Gasteiger partial charge < -0.3 is 30.2 Å². The lowest BCUT2D eigenvalue weighted by atomic mass is 10.1. The van der Waals surface area contributed by atoms with Gasteiger partial charge in [0.15, 0.2) is 0 Å². The number of alkyl carbamates (subject to hydrolysis) is 3. The molecule has 0 spiro atoms. The van der Waals surface area contributed by atoms with Crippen LogP contribution in [-0.2, 0) is 27.3 Å². The first kappa shape index (κ1) is 22.6. The molecule has 0 saturated carbocycles. The van der Waals surface area contributed by atoms with Crippen LogP contribution in [0.15, 0.2) is 24.3 Å². The number of nitrogens with zero attached hydrogens (tertiary/aromatic N) is 1. The molecule has 0 bridgehead atoms. The fourth-order valence-electron chi connectivity index (χ4n) is 1.96. The number of hydrogen-bond donors (Lipinski definition) is 3. The molecule has 0 aliphatic rings. The van der Waals surface area contributed by atoms with Gasteiger partial charge in [-0.15, -0.1) is 0 Å². The normalized spacial score (nSPS) is 10.8. The van der Waals surface area contributed by atoms with E-state index in [4.69, 9.17) is 19.5 Å². The quantitative estimate of drug-likeness (QED) is 0.430. The zero-order valence-electron chi connectivity index (χ0n) is 15.8. The molecular weight excluding hydrogens is 368 g/mol. The van der Waals surface area contributed by atoms with E-state index in [0.717, 1.165) is 11.1 Å². The van der Waals surface area contributed by atoms with Crippen LogP contribution in [-0.4, -0.2) is 44.6 Å². The second kappa shape index (κ2) is 12.8. The molecule has 1 aromatic rings. The van der Waals surface area contributed by atoms with E-state index in [1.165, 1.54) is 7.05 Å². The van der Waals surface area contributed by atoms with E-state index in [9.17, 15) is 14.4 Å². The van der Waals surface area contributed by atoms with Crippen molar-refractivity contribution in [1.82, 2.24) is 16.0 Å². The largest absolute Gasteiger partial charge is 0.448 e. The van der Waals surface area contributed by atoms with E-state index < -0.39 is 24.4 Å². The molecule has 1 atom stereocenters. The third-order valence-electron chi connectivity index (χ3n) is 3.27. The maximum absolute atomic E-state index is 11.8. The summed E-state index contributed by atoms with van der Waals surface area (Å²) < 4.78 is 14.7. The molecule has 152 valence electrons. The van der Waals surface area contributed by atoms with Gasteiger partial charge in [0.1, 0.15) is 19.3 Å². The highest BCUT2D eigenvalue weighted by Gasteiger charge is 2.11. The number of carbonyl (C=O) groups is 3. The summed E-state index contributed by atoms with van der Waals surface area (Å²) in [5.74, 6) is 0. The summed E-state index contributed by atoms with van der Waals surface area (Å²) in [4.78, 5) is 34.2. The molecule has 10 heteroatoms. The fraction of sp³-hybridized carbons (Fsp3) is 0.444. The Hall–Kier alpha value is -3.48. The molecule has 0 heterocycles. The number of benzene rings is 1. The predicted octanol–water partition coefficient (Wildman–Crippen LogP) is 1.80. The molecule has 28 heavy (non-hydrogen) atoms. The molecule has 1 unspecified atom stereocenters. The summed E-state index contributed by atoms with van der Waals surface area (Å²) in [5, 5.41) is 15.9. The smallest absolute Gasteiger partial charge is 0.407 e. The Kier molecular flexibility index (Phi) is 10.3. The maximum Gasteiger partial charge on any atom is 0.407 e. The number of hydrogen-bond acceptors (Lipinski definition) is 7. The van der Waals surface area contributed by atoms with E-state index in [1.807, 2.05) is 24.3 Å². The Morgan fingerprint density at radius 1 is 1.07 bits per heavy atom. The first-order valence-electron chi connectivity index (χ1n) is 8.59. The molecule has 0 aliphatic heterocycles. The minimum atomic E-state index is -0.641. The highest BCUT2D eigenvalue weighted by atomic mass is 16.6. The summed E-state index contributed by atoms with van der Waals surface area (Å²) in [6, 6.07) is 9.11. The molecule has 1 rings (SSSR count). The topological polar surface area (TPSA) is 139 Å². The minimum absolute atomic E-state index is 0.0426. The van der Waals surface area contributed by atoms with Gasteiger partial charge in [-0.3, -0.25) is 0 Å². The molecule has 3 N–H and O–H groups in total. The Balaban J connectivity index is 2.35. The average Bonchev–Trinajstić information content (AvgIpc) is 2.69. The molecule has 1 aromatic carbocycles. The lowest BCUT2D eigenvalue weighted by Crippen LogP contribution is -2.31. The summed E-state index contributed by atoms with van der Waals surface area (Å²) in [6.07, 6.45) is -2.30. The Bertz CT molecular complexity index is 704. The van der Waals surface area contributed by atoms with Crippen LogP contribution in [0.2, 0.25) is 0 Å². The molecule has 0 aromatic heterocycles. The second-order valence-electron chi connectivity index (χ2n) is 5.64. The molecule has 0 radical (unpaired) electrons. The summed E-state index contributed by atoms with van der Waals surface area (Å²) in [6.45, 7) is 2.06. The van der Waals surface area contributed by atoms with Crippen LogP contribution in [0.4, 0.5) is 14.4 Å². The number of rotatable bonds is 9. The highest BCUT2D eigenvalue weighted by Crippen LogP contribution is 2.06. The summed E-state index contributed by atoms with van der Waals surface area (Å²) in [7, 11) is 1.43. The van der Waals surface area contributed by atoms with E-state index in [0.29, 0.717) is 0 Å². The number of amides is 3. The van der Waals surface area contributed by atoms with Crippen molar-refractivity contribution in [2.75, 3.05) is 20.3 Å². The maximum atomic E-state index is 11.8. The zero-order valence-corrected chi connectivity index (χ0v) is 15.8. The van der Waals surface area contributed by atoms with Crippen LogP contribution in [0.25, 0.3) is 0 Å². The van der Waals surface area contributed by atoms with Crippen molar-refractivity contribution in [1.29, 1.82) is 5.26 Å². The van der Waals surface area contributed by atoms with Gasteiger partial charge in [-0.25, -0.2) is 14.4 Å². The van der Waals surface area contributed by atoms with Crippen molar-refractivity contribution < 1.29 is 28.6 Å². The van der Waals surface area contributed by atoms with Crippen LogP contribution in [0, 0.1) is 11.3 Å². The van der Waals surface area contributed by atoms with Crippen molar-refractivity contribution in [3.05, 3.63) is 35.4 Å². The van der Waals surface area contributed by atoms with Crippen molar-refractivity contribution >= 4 is 18.3 Å². The third-order valence-corrected chi connectivity index (χ3v) is 3.27. The molecular formula is C18H24N4O6. The van der Waals surface area contributed by atoms with E-state index >= 15 is 0 Å². The SMILES string of the molecule is CNC(=O)OCC(C)OC(=O)NCc1cccc(CNC(=O)OCCC#N)c1. The predicted molar refractivity (Wildman–Crippen MR) is 98.1 cm³/mol. The number of carbonyl (C=O) groups excluding carboxylic acids is 3. The monoisotopic (exact) mass is 392 g/mol. The molecule has 0 aliphatic carbocycles. The van der Waals surface area contributed by atoms with Gasteiger partial charge in [0, 0.05) is 20.1 Å². The van der Waals surface area contributed by atoms with Crippen molar-refractivity contribution in [2.24, 2.45) is 0 Å². The van der Waals surface area contributed by atoms with E-state index in [1.54, 1.807) is 13.0 Å². The Labute approximate surface area is 163 Å². The summed E-state index contributed by atoms with van der Waals surface area (Å²) >= 11 is 0. The van der Waals surface area contributed by atoms with Gasteiger partial charge in [0.2, 0.25) is 0 Å². The molecule has 0 saturated heterocycles. The first-order chi connectivity index (χ1) is 13.4. The van der Waals surface area contributed by atoms with Crippen LogP contribution >= 0.6 is 0 Å². The molecule has 10 nitrogen and oxygen atoms in total. The molecule has 0 fully saturated rings. The van der Waals surface area contributed by atoms with Crippen molar-refractivity contribution in [3.63, 3.8) is 0 Å². The van der Waals surface area contributed by atoms with Gasteiger partial charge in [-0.05, 0) is 18.1 Å². The van der Waals surface area contributed by atoms with Gasteiger partial charge in [-0.2, -0.15) is 5.26 Å². The fourth-order valence-corrected chi connectivity index (χ4v) is 1.96. The van der Waals surface area contributed by atoms with E-state index in [-0.39, 0.29) is 32.7 Å². The first-order valence-corrected chi connectivity index (χ1v) is 8.59. The van der Waals surface area contributed by atoms with E-state index in [2.05, 4.69) is 16.0 Å². The number of ether oxygens (including phenoxy) is 3. The van der Waals surface area contributed by atoms with Gasteiger partial charge in [-0.1, -0.05) is 24.3 Å². The lowest BCUT2D eigenvalue weighted by Gasteiger charge is -2.14. The van der Waals surface area contributed by atoms with Crippen LogP contribution in [0.1, 0.15) is 24.5 Å². The Morgan fingerprint density at radius 3 is 2.32 bits per heavy atom. The zero-order chi connectivity index (χ0) is 20.8. The second-order valence-corrected chi connectivity index (χ2v) is 5.64. The lowest BCUT2D eigenvalue weighted by molar-refractivity contribution is 0.0535. The Morgan fingerprint density at radius 2 is 1.71 bits per heavy atom. The van der Waals surface area contributed by atoms with Crippen LogP contribution in [0.5, 0.6) is 0 Å². The molecule has 3 amide bonds. The van der Waals surface area contributed by atoms with Crippen molar-refractivity contribution in [2.45, 2.75) is 32.5 Å². The van der Waals surface area contributed by atoms with Crippen molar-refractivity contribution in [3.8, 4) is 6.07 Å². The van der Waals surface area contributed by atoms with Gasteiger partial charge in [0.25, 0.3) is 0 Å². The van der Waals surface area contributed by atoms with Gasteiger partial charge >= 0.3 is 18.3 Å². The third kappa shape index (κ3) is 9.86. The number of nitrogens with one attached hydrogen (secondary N) is 3. The average molecular weight is 392 g/mol. The summed E-state index contributed by atoms with van der Waals surface area (Å²) in [5.41, 5.74) is 1.63. The minimum Gasteiger partial charge on any atom is -0.448 e.